The maximum atomic E-state index is 5.64. The van der Waals surface area contributed by atoms with Crippen LogP contribution in [-0.4, -0.2) is 50.3 Å². The summed E-state index contributed by atoms with van der Waals surface area (Å²) < 4.78 is 5.64. The van der Waals surface area contributed by atoms with Crippen LogP contribution < -0.4 is 5.32 Å². The standard InChI is InChI=1S/C15H32N2O/c1-6-7-16-15-11-18-10-14(15)9-17(5)13(4)8-12(2)3/h12-16H,6-11H2,1-5H3. The van der Waals surface area contributed by atoms with Crippen LogP contribution in [0, 0.1) is 11.8 Å². The van der Waals surface area contributed by atoms with Crippen molar-refractivity contribution in [1.82, 2.24) is 10.2 Å². The minimum Gasteiger partial charge on any atom is -0.379 e. The predicted molar refractivity (Wildman–Crippen MR) is 77.9 cm³/mol. The number of hydrogen-bond donors (Lipinski definition) is 1. The van der Waals surface area contributed by atoms with Crippen LogP contribution in [0.2, 0.25) is 0 Å². The highest BCUT2D eigenvalue weighted by Crippen LogP contribution is 2.18. The van der Waals surface area contributed by atoms with E-state index in [-0.39, 0.29) is 0 Å². The molecule has 1 rings (SSSR count). The van der Waals surface area contributed by atoms with Crippen LogP contribution in [-0.2, 0) is 4.74 Å². The fourth-order valence-corrected chi connectivity index (χ4v) is 2.75. The van der Waals surface area contributed by atoms with E-state index in [0.717, 1.165) is 32.2 Å². The van der Waals surface area contributed by atoms with Gasteiger partial charge in [0.05, 0.1) is 13.2 Å². The van der Waals surface area contributed by atoms with Crippen molar-refractivity contribution < 1.29 is 4.74 Å². The summed E-state index contributed by atoms with van der Waals surface area (Å²) in [5.74, 6) is 1.42. The van der Waals surface area contributed by atoms with Gasteiger partial charge in [0.25, 0.3) is 0 Å². The average molecular weight is 256 g/mol. The molecular weight excluding hydrogens is 224 g/mol. The molecule has 18 heavy (non-hydrogen) atoms. The van der Waals surface area contributed by atoms with Crippen molar-refractivity contribution in [1.29, 1.82) is 0 Å². The van der Waals surface area contributed by atoms with E-state index in [2.05, 4.69) is 45.0 Å². The Morgan fingerprint density at radius 1 is 1.28 bits per heavy atom. The van der Waals surface area contributed by atoms with Crippen molar-refractivity contribution in [3.05, 3.63) is 0 Å². The first kappa shape index (κ1) is 15.9. The third-order valence-electron chi connectivity index (χ3n) is 3.94. The third-order valence-corrected chi connectivity index (χ3v) is 3.94. The average Bonchev–Trinajstić information content (AvgIpc) is 2.72. The van der Waals surface area contributed by atoms with Crippen LogP contribution >= 0.6 is 0 Å². The molecule has 1 fully saturated rings. The zero-order valence-corrected chi connectivity index (χ0v) is 12.9. The molecule has 1 aliphatic heterocycles. The van der Waals surface area contributed by atoms with Gasteiger partial charge in [-0.3, -0.25) is 0 Å². The Labute approximate surface area is 113 Å². The van der Waals surface area contributed by atoms with Gasteiger partial charge in [0.2, 0.25) is 0 Å². The summed E-state index contributed by atoms with van der Waals surface area (Å²) in [6, 6.07) is 1.22. The molecule has 0 aromatic rings. The van der Waals surface area contributed by atoms with Crippen LogP contribution in [0.3, 0.4) is 0 Å². The van der Waals surface area contributed by atoms with Crippen molar-refractivity contribution in [3.8, 4) is 0 Å². The molecule has 1 saturated heterocycles. The molecule has 1 N–H and O–H groups in total. The Kier molecular flexibility index (Phi) is 7.20. The molecule has 0 aliphatic carbocycles. The van der Waals surface area contributed by atoms with E-state index in [1.807, 2.05) is 0 Å². The quantitative estimate of drug-likeness (QED) is 0.721. The molecule has 3 nitrogen and oxygen atoms in total. The zero-order valence-electron chi connectivity index (χ0n) is 12.9. The summed E-state index contributed by atoms with van der Waals surface area (Å²) in [7, 11) is 2.25. The van der Waals surface area contributed by atoms with Crippen molar-refractivity contribution >= 4 is 0 Å². The highest BCUT2D eigenvalue weighted by Gasteiger charge is 2.29. The summed E-state index contributed by atoms with van der Waals surface area (Å²) in [6.07, 6.45) is 2.47. The van der Waals surface area contributed by atoms with Gasteiger partial charge < -0.3 is 15.0 Å². The molecule has 0 saturated carbocycles. The normalized spacial score (nSPS) is 26.2. The molecule has 0 spiro atoms. The van der Waals surface area contributed by atoms with E-state index in [1.165, 1.54) is 12.8 Å². The van der Waals surface area contributed by atoms with Gasteiger partial charge in [0, 0.05) is 24.5 Å². The number of nitrogens with zero attached hydrogens (tertiary/aromatic N) is 1. The first-order valence-corrected chi connectivity index (χ1v) is 7.55. The molecule has 0 amide bonds. The molecule has 3 atom stereocenters. The van der Waals surface area contributed by atoms with Gasteiger partial charge in [-0.15, -0.1) is 0 Å². The van der Waals surface area contributed by atoms with Gasteiger partial charge >= 0.3 is 0 Å². The second-order valence-electron chi connectivity index (χ2n) is 6.28. The fraction of sp³-hybridized carbons (Fsp3) is 1.00. The molecular formula is C15H32N2O. The maximum Gasteiger partial charge on any atom is 0.0623 e. The van der Waals surface area contributed by atoms with Crippen LogP contribution in [0.25, 0.3) is 0 Å². The van der Waals surface area contributed by atoms with Crippen LogP contribution in [0.15, 0.2) is 0 Å². The maximum absolute atomic E-state index is 5.64. The van der Waals surface area contributed by atoms with Gasteiger partial charge in [0.1, 0.15) is 0 Å². The molecule has 0 radical (unpaired) electrons. The Hall–Kier alpha value is -0.120. The van der Waals surface area contributed by atoms with Crippen molar-refractivity contribution in [2.24, 2.45) is 11.8 Å². The number of rotatable bonds is 8. The van der Waals surface area contributed by atoms with E-state index in [9.17, 15) is 0 Å². The summed E-state index contributed by atoms with van der Waals surface area (Å²) >= 11 is 0. The molecule has 0 bridgehead atoms. The first-order chi connectivity index (χ1) is 8.54. The van der Waals surface area contributed by atoms with Gasteiger partial charge in [-0.05, 0) is 39.3 Å². The first-order valence-electron chi connectivity index (χ1n) is 7.55. The lowest BCUT2D eigenvalue weighted by atomic mass is 10.00. The van der Waals surface area contributed by atoms with Crippen LogP contribution in [0.1, 0.15) is 40.5 Å². The van der Waals surface area contributed by atoms with E-state index in [0.29, 0.717) is 18.0 Å². The topological polar surface area (TPSA) is 24.5 Å². The minimum atomic E-state index is 0.554. The largest absolute Gasteiger partial charge is 0.379 e. The lowest BCUT2D eigenvalue weighted by molar-refractivity contribution is 0.157. The lowest BCUT2D eigenvalue weighted by Crippen LogP contribution is -2.43. The molecule has 0 aromatic heterocycles. The monoisotopic (exact) mass is 256 g/mol. The molecule has 1 heterocycles. The Balaban J connectivity index is 2.35. The van der Waals surface area contributed by atoms with Gasteiger partial charge in [-0.25, -0.2) is 0 Å². The second-order valence-corrected chi connectivity index (χ2v) is 6.28. The SMILES string of the molecule is CCCNC1COCC1CN(C)C(C)CC(C)C. The minimum absolute atomic E-state index is 0.554. The highest BCUT2D eigenvalue weighted by molar-refractivity contribution is 4.84. The summed E-state index contributed by atoms with van der Waals surface area (Å²) in [5, 5.41) is 3.61. The Bertz CT molecular complexity index is 221. The summed E-state index contributed by atoms with van der Waals surface area (Å²) in [6.45, 7) is 13.2. The third kappa shape index (κ3) is 5.25. The van der Waals surface area contributed by atoms with Gasteiger partial charge in [0.15, 0.2) is 0 Å². The smallest absolute Gasteiger partial charge is 0.0623 e. The molecule has 1 aliphatic rings. The van der Waals surface area contributed by atoms with Crippen LogP contribution in [0.5, 0.6) is 0 Å². The van der Waals surface area contributed by atoms with Crippen molar-refractivity contribution in [3.63, 3.8) is 0 Å². The molecule has 3 heteroatoms. The van der Waals surface area contributed by atoms with Gasteiger partial charge in [-0.2, -0.15) is 0 Å². The van der Waals surface area contributed by atoms with Gasteiger partial charge in [-0.1, -0.05) is 20.8 Å². The molecule has 0 aromatic carbocycles. The van der Waals surface area contributed by atoms with E-state index < -0.39 is 0 Å². The van der Waals surface area contributed by atoms with E-state index in [4.69, 9.17) is 4.74 Å². The lowest BCUT2D eigenvalue weighted by Gasteiger charge is -2.30. The van der Waals surface area contributed by atoms with Crippen LogP contribution in [0.4, 0.5) is 0 Å². The fourth-order valence-electron chi connectivity index (χ4n) is 2.75. The zero-order chi connectivity index (χ0) is 13.5. The number of nitrogens with one attached hydrogen (secondary N) is 1. The van der Waals surface area contributed by atoms with E-state index >= 15 is 0 Å². The van der Waals surface area contributed by atoms with Crippen molar-refractivity contribution in [2.45, 2.75) is 52.6 Å². The summed E-state index contributed by atoms with van der Waals surface area (Å²) in [4.78, 5) is 2.50. The number of hydrogen-bond acceptors (Lipinski definition) is 3. The molecule has 108 valence electrons. The number of ether oxygens (including phenoxy) is 1. The summed E-state index contributed by atoms with van der Waals surface area (Å²) in [5.41, 5.74) is 0. The van der Waals surface area contributed by atoms with Crippen molar-refractivity contribution in [2.75, 3.05) is 33.4 Å². The predicted octanol–water partition coefficient (Wildman–Crippen LogP) is 2.37. The van der Waals surface area contributed by atoms with E-state index in [1.54, 1.807) is 0 Å². The molecule has 3 unspecified atom stereocenters. The second kappa shape index (κ2) is 8.13. The Morgan fingerprint density at radius 2 is 2.00 bits per heavy atom. The highest BCUT2D eigenvalue weighted by atomic mass is 16.5. The Morgan fingerprint density at radius 3 is 2.61 bits per heavy atom.